The van der Waals surface area contributed by atoms with Crippen molar-refractivity contribution in [3.8, 4) is 0 Å². The lowest BCUT2D eigenvalue weighted by Crippen LogP contribution is -2.50. The molecule has 1 aliphatic heterocycles. The Morgan fingerprint density at radius 1 is 1.42 bits per heavy atom. The van der Waals surface area contributed by atoms with Crippen molar-refractivity contribution in [3.63, 3.8) is 0 Å². The van der Waals surface area contributed by atoms with Crippen LogP contribution in [-0.2, 0) is 4.79 Å². The van der Waals surface area contributed by atoms with Gasteiger partial charge in [0.05, 0.1) is 19.1 Å². The Morgan fingerprint density at radius 3 is 2.63 bits per heavy atom. The summed E-state index contributed by atoms with van der Waals surface area (Å²) in [7, 11) is 0. The van der Waals surface area contributed by atoms with Gasteiger partial charge in [-0.25, -0.2) is 13.6 Å². The smallest absolute Gasteiger partial charge is 0.320 e. The second-order valence-corrected chi connectivity index (χ2v) is 4.47. The number of carbonyl (C=O) groups excluding carboxylic acids is 1. The first kappa shape index (κ1) is 15.6. The highest BCUT2D eigenvalue weighted by molar-refractivity contribution is 5.76. The molecule has 0 aliphatic carbocycles. The molecule has 1 heterocycles. The predicted molar refractivity (Wildman–Crippen MR) is 62.0 cm³/mol. The number of hydrogen-bond acceptors (Lipinski definition) is 3. The lowest BCUT2D eigenvalue weighted by Gasteiger charge is -2.34. The molecule has 1 atom stereocenters. The summed E-state index contributed by atoms with van der Waals surface area (Å²) < 4.78 is 24.7. The first-order chi connectivity index (χ1) is 8.95. The van der Waals surface area contributed by atoms with E-state index >= 15 is 0 Å². The molecular weight excluding hydrogens is 262 g/mol. The molecule has 2 amide bonds. The third-order valence-electron chi connectivity index (χ3n) is 3.04. The molecule has 0 radical (unpaired) electrons. The van der Waals surface area contributed by atoms with Crippen molar-refractivity contribution in [1.82, 2.24) is 9.80 Å². The van der Waals surface area contributed by atoms with E-state index in [1.165, 1.54) is 4.90 Å². The highest BCUT2D eigenvalue weighted by Crippen LogP contribution is 2.18. The molecule has 19 heavy (non-hydrogen) atoms. The topological polar surface area (TPSA) is 81.1 Å². The van der Waals surface area contributed by atoms with Crippen molar-refractivity contribution in [1.29, 1.82) is 0 Å². The van der Waals surface area contributed by atoms with E-state index < -0.39 is 37.5 Å². The normalized spacial score (nSPS) is 19.6. The minimum absolute atomic E-state index is 0.0271. The molecular formula is C11H18F2N2O4. The number of carbonyl (C=O) groups is 2. The van der Waals surface area contributed by atoms with Crippen LogP contribution in [0.2, 0.25) is 0 Å². The van der Waals surface area contributed by atoms with Crippen LogP contribution >= 0.6 is 0 Å². The Bertz CT molecular complexity index is 328. The highest BCUT2D eigenvalue weighted by atomic mass is 19.3. The predicted octanol–water partition coefficient (Wildman–Crippen LogP) is 0.462. The average Bonchev–Trinajstić information content (AvgIpc) is 2.37. The Balaban J connectivity index is 2.64. The van der Waals surface area contributed by atoms with Crippen molar-refractivity contribution >= 4 is 12.0 Å². The molecule has 1 aliphatic rings. The summed E-state index contributed by atoms with van der Waals surface area (Å²) in [6.07, 6.45) is -1.67. The summed E-state index contributed by atoms with van der Waals surface area (Å²) in [5.74, 6) is -1.64. The first-order valence-corrected chi connectivity index (χ1v) is 6.11. The molecule has 0 aromatic heterocycles. The van der Waals surface area contributed by atoms with Crippen LogP contribution in [0.1, 0.15) is 12.8 Å². The van der Waals surface area contributed by atoms with Crippen LogP contribution in [0.15, 0.2) is 0 Å². The number of likely N-dealkylation sites (tertiary alicyclic amines) is 1. The number of urea groups is 1. The van der Waals surface area contributed by atoms with E-state index in [-0.39, 0.29) is 13.1 Å². The number of aliphatic hydroxyl groups excluding tert-OH is 1. The van der Waals surface area contributed by atoms with Crippen molar-refractivity contribution < 1.29 is 28.6 Å². The molecule has 0 spiro atoms. The second-order valence-electron chi connectivity index (χ2n) is 4.47. The average molecular weight is 280 g/mol. The van der Waals surface area contributed by atoms with Gasteiger partial charge in [-0.3, -0.25) is 4.79 Å². The zero-order valence-electron chi connectivity index (χ0n) is 10.5. The number of aliphatic carboxylic acids is 1. The van der Waals surface area contributed by atoms with Gasteiger partial charge >= 0.3 is 12.0 Å². The fraction of sp³-hybridized carbons (Fsp3) is 0.818. The van der Waals surface area contributed by atoms with Crippen LogP contribution in [0, 0.1) is 5.92 Å². The van der Waals surface area contributed by atoms with Crippen molar-refractivity contribution in [2.24, 2.45) is 5.92 Å². The van der Waals surface area contributed by atoms with Gasteiger partial charge < -0.3 is 20.0 Å². The van der Waals surface area contributed by atoms with Gasteiger partial charge in [0.15, 0.2) is 0 Å². The quantitative estimate of drug-likeness (QED) is 0.766. The largest absolute Gasteiger partial charge is 0.481 e. The summed E-state index contributed by atoms with van der Waals surface area (Å²) in [5, 5.41) is 17.7. The standard InChI is InChI=1S/C11H18F2N2O4/c12-9(13)7-15(4-5-16)11(19)14-3-1-2-8(6-14)10(17)18/h8-9,16H,1-7H2,(H,17,18). The van der Waals surface area contributed by atoms with Gasteiger partial charge in [-0.1, -0.05) is 0 Å². The summed E-state index contributed by atoms with van der Waals surface area (Å²) in [6, 6.07) is -0.639. The molecule has 1 unspecified atom stereocenters. The lowest BCUT2D eigenvalue weighted by atomic mass is 9.99. The van der Waals surface area contributed by atoms with Gasteiger partial charge in [-0.05, 0) is 12.8 Å². The molecule has 0 bridgehead atoms. The van der Waals surface area contributed by atoms with E-state index in [0.717, 1.165) is 4.90 Å². The number of rotatable bonds is 5. The van der Waals surface area contributed by atoms with Gasteiger partial charge in [0, 0.05) is 19.6 Å². The molecule has 1 rings (SSSR count). The molecule has 2 N–H and O–H groups in total. The summed E-state index contributed by atoms with van der Waals surface area (Å²) >= 11 is 0. The number of carboxylic acid groups (broad SMARTS) is 1. The number of hydrogen-bond donors (Lipinski definition) is 2. The Kier molecular flexibility index (Phi) is 5.94. The molecule has 110 valence electrons. The van der Waals surface area contributed by atoms with Crippen LogP contribution in [0.5, 0.6) is 0 Å². The zero-order valence-corrected chi connectivity index (χ0v) is 10.5. The maximum Gasteiger partial charge on any atom is 0.320 e. The molecule has 0 saturated carbocycles. The van der Waals surface area contributed by atoms with Crippen LogP contribution in [0.25, 0.3) is 0 Å². The molecule has 6 nitrogen and oxygen atoms in total. The van der Waals surface area contributed by atoms with Gasteiger partial charge in [0.1, 0.15) is 0 Å². The van der Waals surface area contributed by atoms with Gasteiger partial charge in [0.2, 0.25) is 0 Å². The number of amides is 2. The van der Waals surface area contributed by atoms with Gasteiger partial charge in [-0.2, -0.15) is 0 Å². The SMILES string of the molecule is O=C(O)C1CCCN(C(=O)N(CCO)CC(F)F)C1. The maximum atomic E-state index is 12.4. The van der Waals surface area contributed by atoms with Crippen molar-refractivity contribution in [3.05, 3.63) is 0 Å². The third-order valence-corrected chi connectivity index (χ3v) is 3.04. The minimum Gasteiger partial charge on any atom is -0.481 e. The van der Waals surface area contributed by atoms with Crippen molar-refractivity contribution in [2.45, 2.75) is 19.3 Å². The number of carboxylic acids is 1. The minimum atomic E-state index is -2.68. The number of aliphatic hydroxyl groups is 1. The van der Waals surface area contributed by atoms with E-state index in [9.17, 15) is 18.4 Å². The van der Waals surface area contributed by atoms with E-state index in [1.54, 1.807) is 0 Å². The molecule has 1 saturated heterocycles. The van der Waals surface area contributed by atoms with Crippen LogP contribution in [0.3, 0.4) is 0 Å². The Hall–Kier alpha value is -1.44. The van der Waals surface area contributed by atoms with Crippen LogP contribution in [-0.4, -0.2) is 71.2 Å². The van der Waals surface area contributed by atoms with Gasteiger partial charge in [0.25, 0.3) is 6.43 Å². The number of alkyl halides is 2. The second kappa shape index (κ2) is 7.22. The zero-order chi connectivity index (χ0) is 14.4. The molecule has 8 heteroatoms. The first-order valence-electron chi connectivity index (χ1n) is 6.11. The molecule has 0 aromatic rings. The number of nitrogens with zero attached hydrogens (tertiary/aromatic N) is 2. The van der Waals surface area contributed by atoms with Crippen LogP contribution in [0.4, 0.5) is 13.6 Å². The maximum absolute atomic E-state index is 12.4. The number of piperidine rings is 1. The number of halogens is 2. The Labute approximate surface area is 109 Å². The fourth-order valence-corrected chi connectivity index (χ4v) is 2.10. The third kappa shape index (κ3) is 4.62. The van der Waals surface area contributed by atoms with Crippen molar-refractivity contribution in [2.75, 3.05) is 32.8 Å². The summed E-state index contributed by atoms with van der Waals surface area (Å²) in [4.78, 5) is 25.0. The van der Waals surface area contributed by atoms with Gasteiger partial charge in [-0.15, -0.1) is 0 Å². The van der Waals surface area contributed by atoms with E-state index in [1.807, 2.05) is 0 Å². The van der Waals surface area contributed by atoms with E-state index in [4.69, 9.17) is 10.2 Å². The Morgan fingerprint density at radius 2 is 2.11 bits per heavy atom. The monoisotopic (exact) mass is 280 g/mol. The fourth-order valence-electron chi connectivity index (χ4n) is 2.10. The summed E-state index contributed by atoms with van der Waals surface area (Å²) in [6.45, 7) is -0.965. The molecule has 1 fully saturated rings. The highest BCUT2D eigenvalue weighted by Gasteiger charge is 2.31. The lowest BCUT2D eigenvalue weighted by molar-refractivity contribution is -0.143. The summed E-state index contributed by atoms with van der Waals surface area (Å²) in [5.41, 5.74) is 0. The molecule has 0 aromatic carbocycles. The van der Waals surface area contributed by atoms with E-state index in [0.29, 0.717) is 19.4 Å². The van der Waals surface area contributed by atoms with Crippen LogP contribution < -0.4 is 0 Å². The van der Waals surface area contributed by atoms with E-state index in [2.05, 4.69) is 0 Å².